The van der Waals surface area contributed by atoms with E-state index < -0.39 is 0 Å². The highest BCUT2D eigenvalue weighted by molar-refractivity contribution is 5.85. The molecule has 5 heteroatoms. The van der Waals surface area contributed by atoms with Gasteiger partial charge in [-0.05, 0) is 19.3 Å². The molecule has 0 bridgehead atoms. The van der Waals surface area contributed by atoms with Crippen molar-refractivity contribution < 1.29 is 4.79 Å². The molecule has 3 atom stereocenters. The fraction of sp³-hybridized carbons (Fsp3) is 0.750. The van der Waals surface area contributed by atoms with Gasteiger partial charge >= 0.3 is 0 Å². The van der Waals surface area contributed by atoms with Crippen molar-refractivity contribution in [2.75, 3.05) is 19.6 Å². The molecule has 1 aliphatic heterocycles. The lowest BCUT2D eigenvalue weighted by Crippen LogP contribution is -2.53. The van der Waals surface area contributed by atoms with Gasteiger partial charge in [0, 0.05) is 25.7 Å². The highest BCUT2D eigenvalue weighted by atomic mass is 35.5. The maximum Gasteiger partial charge on any atom is 0.237 e. The Morgan fingerprint density at radius 2 is 2.35 bits per heavy atom. The van der Waals surface area contributed by atoms with E-state index >= 15 is 0 Å². The van der Waals surface area contributed by atoms with Crippen molar-refractivity contribution in [3.63, 3.8) is 0 Å². The zero-order chi connectivity index (χ0) is 12.1. The van der Waals surface area contributed by atoms with Crippen molar-refractivity contribution in [3.05, 3.63) is 12.7 Å². The van der Waals surface area contributed by atoms with Gasteiger partial charge in [-0.3, -0.25) is 9.69 Å². The van der Waals surface area contributed by atoms with Crippen LogP contribution in [0.15, 0.2) is 12.7 Å². The molecule has 0 aromatic heterocycles. The fourth-order valence-electron chi connectivity index (χ4n) is 2.03. The molecule has 1 heterocycles. The lowest BCUT2D eigenvalue weighted by molar-refractivity contribution is -0.126. The summed E-state index contributed by atoms with van der Waals surface area (Å²) in [6.07, 6.45) is 2.67. The zero-order valence-corrected chi connectivity index (χ0v) is 11.5. The number of likely N-dealkylation sites (tertiary alicyclic amines) is 1. The van der Waals surface area contributed by atoms with Crippen molar-refractivity contribution in [2.45, 2.75) is 32.4 Å². The smallest absolute Gasteiger partial charge is 0.237 e. The Kier molecular flexibility index (Phi) is 7.43. The first-order valence-corrected chi connectivity index (χ1v) is 5.94. The van der Waals surface area contributed by atoms with E-state index in [4.69, 9.17) is 5.73 Å². The van der Waals surface area contributed by atoms with Crippen molar-refractivity contribution >= 4 is 18.3 Å². The van der Waals surface area contributed by atoms with Crippen LogP contribution >= 0.6 is 12.4 Å². The third-order valence-electron chi connectivity index (χ3n) is 3.35. The number of hydrogen-bond donors (Lipinski definition) is 2. The number of nitrogens with two attached hydrogens (primary N) is 1. The van der Waals surface area contributed by atoms with E-state index in [2.05, 4.69) is 23.7 Å². The summed E-state index contributed by atoms with van der Waals surface area (Å²) in [4.78, 5) is 14.0. The predicted octanol–water partition coefficient (Wildman–Crippen LogP) is 0.768. The van der Waals surface area contributed by atoms with Crippen LogP contribution in [0.5, 0.6) is 0 Å². The van der Waals surface area contributed by atoms with Crippen LogP contribution in [0.2, 0.25) is 0 Å². The molecule has 0 spiro atoms. The first-order valence-electron chi connectivity index (χ1n) is 5.94. The Balaban J connectivity index is 0.00000256. The second-order valence-electron chi connectivity index (χ2n) is 4.63. The Morgan fingerprint density at radius 3 is 2.88 bits per heavy atom. The summed E-state index contributed by atoms with van der Waals surface area (Å²) in [6.45, 7) is 10.0. The number of amides is 1. The minimum atomic E-state index is -0.0742. The average Bonchev–Trinajstić information content (AvgIpc) is 2.28. The minimum Gasteiger partial charge on any atom is -0.351 e. The summed E-state index contributed by atoms with van der Waals surface area (Å²) in [5.74, 6) is 0.533. The second kappa shape index (κ2) is 7.69. The standard InChI is InChI=1S/C12H23N3O.ClH/c1-4-6-14-12(16)10(3)15-7-5-11(13)9(2)8-15;/h4,9-11H,1,5-8,13H2,2-3H3,(H,14,16);1H. The first-order chi connectivity index (χ1) is 7.56. The van der Waals surface area contributed by atoms with Crippen LogP contribution in [-0.2, 0) is 4.79 Å². The molecule has 0 saturated carbocycles. The normalized spacial score (nSPS) is 26.8. The van der Waals surface area contributed by atoms with Gasteiger partial charge in [0.05, 0.1) is 6.04 Å². The quantitative estimate of drug-likeness (QED) is 0.735. The molecule has 1 fully saturated rings. The van der Waals surface area contributed by atoms with Crippen LogP contribution in [0.3, 0.4) is 0 Å². The Hall–Kier alpha value is -0.580. The number of rotatable bonds is 4. The molecule has 1 rings (SSSR count). The van der Waals surface area contributed by atoms with E-state index in [1.165, 1.54) is 0 Å². The molecule has 0 aliphatic carbocycles. The van der Waals surface area contributed by atoms with Gasteiger partial charge in [0.25, 0.3) is 0 Å². The lowest BCUT2D eigenvalue weighted by atomic mass is 9.94. The molecular weight excluding hydrogens is 238 g/mol. The number of hydrogen-bond acceptors (Lipinski definition) is 3. The van der Waals surface area contributed by atoms with Crippen LogP contribution in [0.4, 0.5) is 0 Å². The molecule has 0 radical (unpaired) electrons. The molecule has 1 amide bonds. The predicted molar refractivity (Wildman–Crippen MR) is 73.2 cm³/mol. The van der Waals surface area contributed by atoms with Crippen LogP contribution in [-0.4, -0.2) is 42.5 Å². The second-order valence-corrected chi connectivity index (χ2v) is 4.63. The molecule has 3 N–H and O–H groups in total. The Labute approximate surface area is 110 Å². The summed E-state index contributed by atoms with van der Waals surface area (Å²) in [5, 5.41) is 2.83. The van der Waals surface area contributed by atoms with Gasteiger partial charge in [0.15, 0.2) is 0 Å². The highest BCUT2D eigenvalue weighted by Gasteiger charge is 2.28. The van der Waals surface area contributed by atoms with Crippen molar-refractivity contribution in [1.29, 1.82) is 0 Å². The number of carbonyl (C=O) groups excluding carboxylic acids is 1. The summed E-state index contributed by atoms with van der Waals surface area (Å²) in [6, 6.07) is 0.203. The van der Waals surface area contributed by atoms with E-state index in [9.17, 15) is 4.79 Å². The van der Waals surface area contributed by atoms with E-state index in [1.807, 2.05) is 6.92 Å². The van der Waals surface area contributed by atoms with Crippen LogP contribution in [0.25, 0.3) is 0 Å². The SMILES string of the molecule is C=CCNC(=O)C(C)N1CCC(N)C(C)C1.Cl. The molecule has 1 saturated heterocycles. The first kappa shape index (κ1) is 16.4. The molecule has 1 aliphatic rings. The summed E-state index contributed by atoms with van der Waals surface area (Å²) in [7, 11) is 0. The maximum absolute atomic E-state index is 11.8. The van der Waals surface area contributed by atoms with E-state index in [1.54, 1.807) is 6.08 Å². The summed E-state index contributed by atoms with van der Waals surface area (Å²) < 4.78 is 0. The van der Waals surface area contributed by atoms with Crippen LogP contribution in [0, 0.1) is 5.92 Å². The van der Waals surface area contributed by atoms with Gasteiger partial charge in [-0.2, -0.15) is 0 Å². The zero-order valence-electron chi connectivity index (χ0n) is 10.7. The molecule has 0 aromatic rings. The molecule has 3 unspecified atom stereocenters. The van der Waals surface area contributed by atoms with Gasteiger partial charge < -0.3 is 11.1 Å². The number of carbonyl (C=O) groups is 1. The molecule has 17 heavy (non-hydrogen) atoms. The third-order valence-corrected chi connectivity index (χ3v) is 3.35. The molecular formula is C12H24ClN3O. The average molecular weight is 262 g/mol. The molecule has 100 valence electrons. The topological polar surface area (TPSA) is 58.4 Å². The van der Waals surface area contributed by atoms with Gasteiger partial charge in [-0.15, -0.1) is 19.0 Å². The highest BCUT2D eigenvalue weighted by Crippen LogP contribution is 2.17. The molecule has 0 aromatic carbocycles. The van der Waals surface area contributed by atoms with Crippen LogP contribution in [0.1, 0.15) is 20.3 Å². The van der Waals surface area contributed by atoms with Crippen LogP contribution < -0.4 is 11.1 Å². The van der Waals surface area contributed by atoms with Gasteiger partial charge in [-0.1, -0.05) is 13.0 Å². The summed E-state index contributed by atoms with van der Waals surface area (Å²) in [5.41, 5.74) is 5.96. The van der Waals surface area contributed by atoms with E-state index in [0.717, 1.165) is 19.5 Å². The van der Waals surface area contributed by atoms with Gasteiger partial charge in [0.2, 0.25) is 5.91 Å². The van der Waals surface area contributed by atoms with Crippen molar-refractivity contribution in [2.24, 2.45) is 11.7 Å². The number of halogens is 1. The lowest BCUT2D eigenvalue weighted by Gasteiger charge is -2.37. The largest absolute Gasteiger partial charge is 0.351 e. The Bertz CT molecular complexity index is 260. The number of nitrogens with zero attached hydrogens (tertiary/aromatic N) is 1. The van der Waals surface area contributed by atoms with Gasteiger partial charge in [-0.25, -0.2) is 0 Å². The summed E-state index contributed by atoms with van der Waals surface area (Å²) >= 11 is 0. The number of piperidine rings is 1. The molecule has 4 nitrogen and oxygen atoms in total. The minimum absolute atomic E-state index is 0. The van der Waals surface area contributed by atoms with Crippen molar-refractivity contribution in [3.8, 4) is 0 Å². The fourth-order valence-corrected chi connectivity index (χ4v) is 2.03. The number of nitrogens with one attached hydrogen (secondary N) is 1. The Morgan fingerprint density at radius 1 is 1.71 bits per heavy atom. The van der Waals surface area contributed by atoms with Crippen molar-refractivity contribution in [1.82, 2.24) is 10.2 Å². The maximum atomic E-state index is 11.8. The van der Waals surface area contributed by atoms with E-state index in [-0.39, 0.29) is 30.4 Å². The third kappa shape index (κ3) is 4.66. The van der Waals surface area contributed by atoms with Gasteiger partial charge in [0.1, 0.15) is 0 Å². The monoisotopic (exact) mass is 261 g/mol. The van der Waals surface area contributed by atoms with E-state index in [0.29, 0.717) is 12.5 Å².